The van der Waals surface area contributed by atoms with Gasteiger partial charge in [-0.3, -0.25) is 19.3 Å². The molecular formula is C16H20FN3O12. The minimum Gasteiger partial charge on any atom is -0.442 e. The van der Waals surface area contributed by atoms with Crippen molar-refractivity contribution in [2.45, 2.75) is 36.8 Å². The number of hydrogen-bond acceptors (Lipinski definition) is 13. The number of benzene rings is 1. The standard InChI is InChI=1S/C16H20FN3O12/c1-7(21)18-5-9-6-19(12(22)31-9)8-2-3-11(10(17)4-8)20-13(23,24)15(27,28)32-16(29,30)14(20,25)26/h2-4,9,23-30H,5-6H2,1H3,(H,18,21). The van der Waals surface area contributed by atoms with Crippen molar-refractivity contribution in [1.29, 1.82) is 0 Å². The van der Waals surface area contributed by atoms with Gasteiger partial charge >= 0.3 is 29.9 Å². The highest BCUT2D eigenvalue weighted by Gasteiger charge is 2.75. The lowest BCUT2D eigenvalue weighted by atomic mass is 10.1. The Balaban J connectivity index is 1.95. The first-order valence-corrected chi connectivity index (χ1v) is 8.83. The highest BCUT2D eigenvalue weighted by Crippen LogP contribution is 2.45. The molecule has 0 saturated carbocycles. The Morgan fingerprint density at radius 1 is 1.12 bits per heavy atom. The summed E-state index contributed by atoms with van der Waals surface area (Å²) < 4.78 is 23.6. The number of aliphatic hydroxyl groups is 8. The Bertz CT molecular complexity index is 911. The molecule has 0 aromatic heterocycles. The van der Waals surface area contributed by atoms with Gasteiger partial charge in [-0.25, -0.2) is 9.18 Å². The van der Waals surface area contributed by atoms with Crippen LogP contribution in [-0.2, 0) is 14.3 Å². The van der Waals surface area contributed by atoms with E-state index in [1.807, 2.05) is 0 Å². The third-order valence-electron chi connectivity index (χ3n) is 4.72. The van der Waals surface area contributed by atoms with E-state index in [0.717, 1.165) is 11.0 Å². The Kier molecular flexibility index (Phi) is 5.58. The van der Waals surface area contributed by atoms with Crippen molar-refractivity contribution >= 4 is 23.4 Å². The highest BCUT2D eigenvalue weighted by molar-refractivity contribution is 5.90. The SMILES string of the molecule is CC(=O)NCC1CN(c2ccc(N3C(O)(O)C(O)(O)OC(O)(O)C3(O)O)c(F)c2)C(=O)O1. The zero-order valence-electron chi connectivity index (χ0n) is 16.2. The van der Waals surface area contributed by atoms with Gasteiger partial charge in [-0.2, -0.15) is 0 Å². The normalized spacial score (nSPS) is 25.4. The molecule has 2 saturated heterocycles. The molecule has 0 bridgehead atoms. The van der Waals surface area contributed by atoms with Crippen LogP contribution >= 0.6 is 0 Å². The summed E-state index contributed by atoms with van der Waals surface area (Å²) in [7, 11) is 0. The molecule has 2 amide bonds. The molecule has 1 aromatic carbocycles. The van der Waals surface area contributed by atoms with Crippen LogP contribution in [0.15, 0.2) is 18.2 Å². The predicted molar refractivity (Wildman–Crippen MR) is 94.9 cm³/mol. The summed E-state index contributed by atoms with van der Waals surface area (Å²) in [6.45, 7) is 1.11. The lowest BCUT2D eigenvalue weighted by Crippen LogP contribution is -2.84. The first-order chi connectivity index (χ1) is 14.5. The van der Waals surface area contributed by atoms with Gasteiger partial charge in [0.2, 0.25) is 5.91 Å². The van der Waals surface area contributed by atoms with E-state index in [9.17, 15) is 54.8 Å². The number of carbonyl (C=O) groups excluding carboxylic acids is 2. The average Bonchev–Trinajstić information content (AvgIpc) is 3.00. The van der Waals surface area contributed by atoms with E-state index in [4.69, 9.17) is 4.74 Å². The molecular weight excluding hydrogens is 445 g/mol. The number of morpholine rings is 1. The van der Waals surface area contributed by atoms with E-state index in [2.05, 4.69) is 10.1 Å². The van der Waals surface area contributed by atoms with Gasteiger partial charge in [0.05, 0.1) is 24.5 Å². The van der Waals surface area contributed by atoms with E-state index in [1.165, 1.54) is 6.92 Å². The van der Waals surface area contributed by atoms with Crippen molar-refractivity contribution in [2.75, 3.05) is 22.9 Å². The number of halogens is 1. The van der Waals surface area contributed by atoms with Crippen LogP contribution in [0.2, 0.25) is 0 Å². The third-order valence-corrected chi connectivity index (χ3v) is 4.72. The van der Waals surface area contributed by atoms with E-state index in [-0.39, 0.29) is 24.7 Å². The van der Waals surface area contributed by atoms with Crippen LogP contribution in [0, 0.1) is 5.82 Å². The number of carbonyl (C=O) groups is 2. The summed E-state index contributed by atoms with van der Waals surface area (Å²) in [6, 6.07) is 2.21. The van der Waals surface area contributed by atoms with Gasteiger partial charge in [0, 0.05) is 6.92 Å². The number of ether oxygens (including phenoxy) is 2. The molecule has 2 aliphatic rings. The number of amides is 2. The van der Waals surface area contributed by atoms with Crippen LogP contribution in [0.4, 0.5) is 20.6 Å². The molecule has 3 rings (SSSR count). The molecule has 1 unspecified atom stereocenters. The van der Waals surface area contributed by atoms with Crippen molar-refractivity contribution in [1.82, 2.24) is 5.32 Å². The Labute approximate surface area is 177 Å². The second kappa shape index (κ2) is 7.44. The average molecular weight is 465 g/mol. The number of anilines is 2. The number of nitrogens with zero attached hydrogens (tertiary/aromatic N) is 2. The van der Waals surface area contributed by atoms with Gasteiger partial charge in [0.25, 0.3) is 0 Å². The van der Waals surface area contributed by atoms with Gasteiger partial charge in [0.15, 0.2) is 0 Å². The van der Waals surface area contributed by atoms with Gasteiger partial charge in [0.1, 0.15) is 11.9 Å². The van der Waals surface area contributed by atoms with Gasteiger partial charge in [-0.1, -0.05) is 0 Å². The van der Waals surface area contributed by atoms with Crippen molar-refractivity contribution in [3.63, 3.8) is 0 Å². The van der Waals surface area contributed by atoms with Crippen LogP contribution < -0.4 is 15.1 Å². The maximum absolute atomic E-state index is 14.9. The fourth-order valence-electron chi connectivity index (χ4n) is 3.12. The summed E-state index contributed by atoms with van der Waals surface area (Å²) in [5, 5.41) is 80.8. The minimum atomic E-state index is -4.26. The summed E-state index contributed by atoms with van der Waals surface area (Å²) in [4.78, 5) is 23.3. The van der Waals surface area contributed by atoms with E-state index in [0.29, 0.717) is 12.1 Å². The largest absolute Gasteiger partial charge is 0.442 e. The molecule has 178 valence electrons. The fourth-order valence-corrected chi connectivity index (χ4v) is 3.12. The summed E-state index contributed by atoms with van der Waals surface area (Å²) >= 11 is 0. The summed E-state index contributed by atoms with van der Waals surface area (Å²) in [5.74, 6) is -18.9. The third kappa shape index (κ3) is 3.72. The number of cyclic esters (lactones) is 1. The summed E-state index contributed by atoms with van der Waals surface area (Å²) in [5.41, 5.74) is -1.34. The second-order valence-corrected chi connectivity index (χ2v) is 7.11. The fraction of sp³-hybridized carbons (Fsp3) is 0.500. The molecule has 15 nitrogen and oxygen atoms in total. The van der Waals surface area contributed by atoms with Crippen molar-refractivity contribution in [3.05, 3.63) is 24.0 Å². The topological polar surface area (TPSA) is 233 Å². The van der Waals surface area contributed by atoms with E-state index < -0.39 is 52.4 Å². The first-order valence-electron chi connectivity index (χ1n) is 8.83. The summed E-state index contributed by atoms with van der Waals surface area (Å²) in [6.07, 6.45) is -1.68. The predicted octanol–water partition coefficient (Wildman–Crippen LogP) is -4.32. The zero-order chi connectivity index (χ0) is 24.3. The van der Waals surface area contributed by atoms with Crippen molar-refractivity contribution in [2.24, 2.45) is 0 Å². The molecule has 2 aliphatic heterocycles. The van der Waals surface area contributed by atoms with Crippen LogP contribution in [0.5, 0.6) is 0 Å². The van der Waals surface area contributed by atoms with Crippen molar-refractivity contribution < 1.29 is 64.3 Å². The van der Waals surface area contributed by atoms with Crippen LogP contribution in [0.3, 0.4) is 0 Å². The first kappa shape index (κ1) is 24.0. The van der Waals surface area contributed by atoms with Gasteiger partial charge < -0.3 is 50.9 Å². The van der Waals surface area contributed by atoms with Crippen molar-refractivity contribution in [3.8, 4) is 0 Å². The smallest absolute Gasteiger partial charge is 0.414 e. The molecule has 2 heterocycles. The maximum Gasteiger partial charge on any atom is 0.414 e. The second-order valence-electron chi connectivity index (χ2n) is 7.11. The quantitative estimate of drug-likeness (QED) is 0.192. The molecule has 0 radical (unpaired) electrons. The zero-order valence-corrected chi connectivity index (χ0v) is 16.2. The van der Waals surface area contributed by atoms with Crippen LogP contribution in [0.1, 0.15) is 6.92 Å². The highest BCUT2D eigenvalue weighted by atomic mass is 19.1. The molecule has 2 fully saturated rings. The Morgan fingerprint density at radius 3 is 2.19 bits per heavy atom. The van der Waals surface area contributed by atoms with E-state index >= 15 is 0 Å². The molecule has 16 heteroatoms. The lowest BCUT2D eigenvalue weighted by Gasteiger charge is -2.55. The minimum absolute atomic E-state index is 0.0226. The number of nitrogens with one attached hydrogen (secondary N) is 1. The molecule has 1 atom stereocenters. The molecule has 9 N–H and O–H groups in total. The van der Waals surface area contributed by atoms with Crippen LogP contribution in [0.25, 0.3) is 0 Å². The lowest BCUT2D eigenvalue weighted by molar-refractivity contribution is -0.606. The molecule has 1 aromatic rings. The van der Waals surface area contributed by atoms with Crippen LogP contribution in [-0.4, -0.2) is 95.8 Å². The maximum atomic E-state index is 14.9. The Morgan fingerprint density at radius 2 is 1.69 bits per heavy atom. The molecule has 0 aliphatic carbocycles. The number of hydrogen-bond donors (Lipinski definition) is 9. The van der Waals surface area contributed by atoms with E-state index in [1.54, 1.807) is 0 Å². The monoisotopic (exact) mass is 465 g/mol. The Hall–Kier alpha value is -2.67. The van der Waals surface area contributed by atoms with Gasteiger partial charge in [-0.15, -0.1) is 0 Å². The molecule has 32 heavy (non-hydrogen) atoms. The molecule has 0 spiro atoms. The number of rotatable bonds is 4. The van der Waals surface area contributed by atoms with Gasteiger partial charge in [-0.05, 0) is 18.2 Å².